The molecule has 252 valence electrons. The van der Waals surface area contributed by atoms with Crippen LogP contribution in [-0.2, 0) is 20.7 Å². The number of benzene rings is 1. The van der Waals surface area contributed by atoms with Crippen LogP contribution in [0.4, 0.5) is 0 Å². The molecule has 6 atom stereocenters. The number of Topliss-reactive ketones (excluding diaryl/α,β-unsaturated/α-hetero) is 2. The maximum atomic E-state index is 14.8. The first-order chi connectivity index (χ1) is 21.9. The predicted molar refractivity (Wildman–Crippen MR) is 175 cm³/mol. The molecule has 3 aliphatic carbocycles. The Kier molecular flexibility index (Phi) is 7.72. The average molecular weight is 647 g/mol. The van der Waals surface area contributed by atoms with E-state index in [0.29, 0.717) is 18.4 Å². The lowest BCUT2D eigenvalue weighted by Gasteiger charge is -2.56. The molecule has 0 amide bonds. The monoisotopic (exact) mass is 646 g/mol. The zero-order valence-corrected chi connectivity index (χ0v) is 28.6. The van der Waals surface area contributed by atoms with E-state index in [1.54, 1.807) is 6.08 Å². The van der Waals surface area contributed by atoms with Gasteiger partial charge in [-0.15, -0.1) is 0 Å². The molecule has 6 aliphatic rings. The molecule has 0 radical (unpaired) electrons. The molecule has 47 heavy (non-hydrogen) atoms. The van der Waals surface area contributed by atoms with Crippen LogP contribution in [0, 0.1) is 11.8 Å². The van der Waals surface area contributed by atoms with Crippen molar-refractivity contribution in [2.45, 2.75) is 122 Å². The lowest BCUT2D eigenvalue weighted by atomic mass is 9.51. The fourth-order valence-electron chi connectivity index (χ4n) is 8.64. The van der Waals surface area contributed by atoms with Gasteiger partial charge in [0.05, 0.1) is 17.3 Å². The van der Waals surface area contributed by atoms with Crippen molar-refractivity contribution in [3.63, 3.8) is 0 Å². The molecule has 1 aromatic carbocycles. The van der Waals surface area contributed by atoms with Crippen LogP contribution in [0.2, 0.25) is 0 Å². The van der Waals surface area contributed by atoms with Crippen molar-refractivity contribution in [1.82, 2.24) is 0 Å². The maximum absolute atomic E-state index is 14.8. The van der Waals surface area contributed by atoms with Gasteiger partial charge in [0.1, 0.15) is 28.4 Å². The number of carbonyl (C=O) groups excluding carboxylic acids is 2. The third-order valence-corrected chi connectivity index (χ3v) is 10.9. The molecule has 9 heteroatoms. The number of fused-ring (bicyclic) bond motifs is 2. The number of aliphatic hydroxyl groups is 1. The molecular weight excluding hydrogens is 600 g/mol. The Bertz CT molecular complexity index is 1720. The van der Waals surface area contributed by atoms with Gasteiger partial charge in [0.2, 0.25) is 0 Å². The average Bonchev–Trinajstić information content (AvgIpc) is 3.11. The number of allylic oxidation sites excluding steroid dienone is 5. The summed E-state index contributed by atoms with van der Waals surface area (Å²) in [6, 6.07) is 0. The summed E-state index contributed by atoms with van der Waals surface area (Å²) in [5.41, 5.74) is -1.83. The number of ketones is 2. The normalized spacial score (nSPS) is 32.7. The lowest BCUT2D eigenvalue weighted by molar-refractivity contribution is -0.171. The Balaban J connectivity index is 1.60. The van der Waals surface area contributed by atoms with Crippen LogP contribution >= 0.6 is 0 Å². The minimum absolute atomic E-state index is 0.0497. The number of hydrogen-bond acceptors (Lipinski definition) is 8. The molecule has 0 unspecified atom stereocenters. The zero-order valence-electron chi connectivity index (χ0n) is 28.6. The molecule has 1 spiro atoms. The van der Waals surface area contributed by atoms with Crippen LogP contribution in [-0.4, -0.2) is 55.3 Å². The van der Waals surface area contributed by atoms with Crippen LogP contribution in [0.1, 0.15) is 115 Å². The van der Waals surface area contributed by atoms with E-state index in [2.05, 4.69) is 6.08 Å². The number of aliphatic hydroxyl groups excluding tert-OH is 1. The van der Waals surface area contributed by atoms with Crippen molar-refractivity contribution in [1.29, 1.82) is 0 Å². The summed E-state index contributed by atoms with van der Waals surface area (Å²) >= 11 is 0. The Morgan fingerprint density at radius 1 is 1.00 bits per heavy atom. The van der Waals surface area contributed by atoms with E-state index in [4.69, 9.17) is 14.2 Å². The van der Waals surface area contributed by atoms with Gasteiger partial charge < -0.3 is 29.5 Å². The van der Waals surface area contributed by atoms with E-state index in [0.717, 1.165) is 12.0 Å². The fraction of sp³-hybridized carbons (Fsp3) is 0.553. The van der Waals surface area contributed by atoms with Crippen molar-refractivity contribution < 1.29 is 43.9 Å². The number of aliphatic carboxylic acids is 1. The molecule has 3 aliphatic heterocycles. The lowest BCUT2D eigenvalue weighted by Crippen LogP contribution is -2.72. The molecule has 9 nitrogen and oxygen atoms in total. The second kappa shape index (κ2) is 10.9. The summed E-state index contributed by atoms with van der Waals surface area (Å²) in [6.45, 7) is 15.1. The van der Waals surface area contributed by atoms with Crippen molar-refractivity contribution in [3.05, 3.63) is 63.3 Å². The second-order valence-corrected chi connectivity index (χ2v) is 15.3. The van der Waals surface area contributed by atoms with Gasteiger partial charge >= 0.3 is 5.97 Å². The topological polar surface area (TPSA) is 140 Å². The summed E-state index contributed by atoms with van der Waals surface area (Å²) in [4.78, 5) is 40.9. The van der Waals surface area contributed by atoms with Crippen molar-refractivity contribution >= 4 is 17.5 Å². The number of rotatable bonds is 8. The van der Waals surface area contributed by atoms with Gasteiger partial charge in [-0.05, 0) is 81.1 Å². The minimum atomic E-state index is -1.67. The van der Waals surface area contributed by atoms with Crippen LogP contribution in [0.3, 0.4) is 0 Å². The SMILES string of the molecule is CC(C)=CCC[C@]1(C)C[C@H](O)c2c(O)c3c(c(CC=C(C)C)c2O1)O[C@]12C(=C[C@@H]4C[C@@H]1C(C)(C)O[C@]2(C/C=C(\C)C(=O)O)C4=O)C3=O. The molecule has 4 bridgehead atoms. The number of hydrogen-bond donors (Lipinski definition) is 3. The van der Waals surface area contributed by atoms with Crippen molar-refractivity contribution in [2.75, 3.05) is 0 Å². The highest BCUT2D eigenvalue weighted by Crippen LogP contribution is 2.69. The van der Waals surface area contributed by atoms with Gasteiger partial charge in [-0.25, -0.2) is 4.79 Å². The van der Waals surface area contributed by atoms with E-state index < -0.39 is 52.1 Å². The van der Waals surface area contributed by atoms with Crippen LogP contribution in [0.25, 0.3) is 0 Å². The highest BCUT2D eigenvalue weighted by molar-refractivity contribution is 6.18. The third-order valence-electron chi connectivity index (χ3n) is 10.9. The molecule has 0 aromatic heterocycles. The number of carboxylic acids is 1. The standard InChI is InChI=1S/C38H46O9/c1-19(2)10-9-14-36(8)18-25(39)27-30(41)28-29(40)24-16-22-17-26-35(6,7)47-37(33(22)42,15-13-21(5)34(43)44)38(24,26)46-32(28)23(31(27)45-36)12-11-20(3)4/h10-11,13,16,22,25-26,39,41H,9,12,14-15,17-18H2,1-8H3,(H,43,44)/b21-13+/t22-,25+,26-,36-,37-,38-/m1/s1. The number of carbonyl (C=O) groups is 3. The highest BCUT2D eigenvalue weighted by Gasteiger charge is 2.81. The second-order valence-electron chi connectivity index (χ2n) is 15.3. The number of aromatic hydroxyl groups is 1. The first kappa shape index (κ1) is 33.2. The van der Waals surface area contributed by atoms with Crippen LogP contribution in [0.5, 0.6) is 17.2 Å². The Hall–Kier alpha value is -3.69. The Morgan fingerprint density at radius 2 is 1.68 bits per heavy atom. The molecule has 7 rings (SSSR count). The van der Waals surface area contributed by atoms with Crippen molar-refractivity contribution in [3.8, 4) is 17.2 Å². The predicted octanol–water partition coefficient (Wildman–Crippen LogP) is 6.65. The molecule has 1 aromatic rings. The smallest absolute Gasteiger partial charge is 0.330 e. The summed E-state index contributed by atoms with van der Waals surface area (Å²) in [5, 5.41) is 33.0. The van der Waals surface area contributed by atoms with E-state index in [1.165, 1.54) is 18.6 Å². The van der Waals surface area contributed by atoms with Gasteiger partial charge in [-0.2, -0.15) is 0 Å². The molecular formula is C38H46O9. The highest BCUT2D eigenvalue weighted by atomic mass is 16.6. The van der Waals surface area contributed by atoms with Gasteiger partial charge in [0, 0.05) is 41.4 Å². The summed E-state index contributed by atoms with van der Waals surface area (Å²) in [6.07, 6.45) is 8.28. The largest absolute Gasteiger partial charge is 0.506 e. The van der Waals surface area contributed by atoms with Crippen LogP contribution in [0.15, 0.2) is 46.6 Å². The maximum Gasteiger partial charge on any atom is 0.330 e. The van der Waals surface area contributed by atoms with Crippen molar-refractivity contribution in [2.24, 2.45) is 11.8 Å². The molecule has 3 heterocycles. The molecule has 2 fully saturated rings. The zero-order chi connectivity index (χ0) is 34.4. The Morgan fingerprint density at radius 3 is 2.32 bits per heavy atom. The van der Waals surface area contributed by atoms with E-state index in [-0.39, 0.29) is 64.6 Å². The molecule has 1 saturated heterocycles. The fourth-order valence-corrected chi connectivity index (χ4v) is 8.64. The first-order valence-electron chi connectivity index (χ1n) is 16.5. The summed E-state index contributed by atoms with van der Waals surface area (Å²) < 4.78 is 20.6. The quantitative estimate of drug-likeness (QED) is 0.209. The number of phenolic OH excluding ortho intramolecular Hbond substituents is 1. The first-order valence-corrected chi connectivity index (χ1v) is 16.5. The third kappa shape index (κ3) is 4.75. The Labute approximate surface area is 276 Å². The number of ether oxygens (including phenoxy) is 3. The molecule has 3 N–H and O–H groups in total. The number of carboxylic acid groups (broad SMARTS) is 1. The van der Waals surface area contributed by atoms with Gasteiger partial charge in [0.15, 0.2) is 22.8 Å². The van der Waals surface area contributed by atoms with E-state index >= 15 is 0 Å². The summed E-state index contributed by atoms with van der Waals surface area (Å²) in [5.74, 6) is -2.90. The summed E-state index contributed by atoms with van der Waals surface area (Å²) in [7, 11) is 0. The molecule has 1 saturated carbocycles. The van der Waals surface area contributed by atoms with Gasteiger partial charge in [-0.3, -0.25) is 9.59 Å². The van der Waals surface area contributed by atoms with Crippen LogP contribution < -0.4 is 9.47 Å². The number of phenols is 1. The minimum Gasteiger partial charge on any atom is -0.506 e. The van der Waals surface area contributed by atoms with E-state index in [9.17, 15) is 29.7 Å². The van der Waals surface area contributed by atoms with E-state index in [1.807, 2.05) is 54.5 Å². The van der Waals surface area contributed by atoms with Gasteiger partial charge in [0.25, 0.3) is 0 Å². The van der Waals surface area contributed by atoms with Gasteiger partial charge in [-0.1, -0.05) is 35.5 Å².